The summed E-state index contributed by atoms with van der Waals surface area (Å²) < 4.78 is 19.4. The summed E-state index contributed by atoms with van der Waals surface area (Å²) in [4.78, 5) is 16.0. The van der Waals surface area contributed by atoms with Crippen LogP contribution in [0.25, 0.3) is 11.4 Å². The number of aromatic nitrogens is 4. The van der Waals surface area contributed by atoms with E-state index < -0.39 is 5.97 Å². The van der Waals surface area contributed by atoms with Gasteiger partial charge in [-0.25, -0.2) is 9.67 Å². The number of carboxylic acid groups (broad SMARTS) is 1. The predicted octanol–water partition coefficient (Wildman–Crippen LogP) is 3.25. The van der Waals surface area contributed by atoms with E-state index in [-0.39, 0.29) is 18.3 Å². The van der Waals surface area contributed by atoms with Gasteiger partial charge in [-0.2, -0.15) is 0 Å². The second kappa shape index (κ2) is 9.74. The van der Waals surface area contributed by atoms with Crippen molar-refractivity contribution in [2.24, 2.45) is 13.0 Å². The maximum atomic E-state index is 11.3. The van der Waals surface area contributed by atoms with Gasteiger partial charge in [0.05, 0.1) is 35.7 Å². The van der Waals surface area contributed by atoms with Crippen LogP contribution in [-0.4, -0.2) is 50.1 Å². The zero-order valence-corrected chi connectivity index (χ0v) is 18.1. The van der Waals surface area contributed by atoms with Crippen LogP contribution in [0.5, 0.6) is 5.75 Å². The number of carbonyl (C=O) groups is 1. The lowest BCUT2D eigenvalue weighted by molar-refractivity contribution is -0.169. The summed E-state index contributed by atoms with van der Waals surface area (Å²) >= 11 is 0. The minimum absolute atomic E-state index is 0.0998. The molecule has 0 spiro atoms. The largest absolute Gasteiger partial charge is 0.489 e. The lowest BCUT2D eigenvalue weighted by atomic mass is 9.87. The van der Waals surface area contributed by atoms with Gasteiger partial charge in [-0.15, -0.1) is 5.10 Å². The highest BCUT2D eigenvalue weighted by Crippen LogP contribution is 2.30. The number of ether oxygens (including phenoxy) is 3. The highest BCUT2D eigenvalue weighted by molar-refractivity contribution is 5.70. The van der Waals surface area contributed by atoms with Crippen LogP contribution < -0.4 is 4.74 Å². The van der Waals surface area contributed by atoms with E-state index in [1.54, 1.807) is 4.68 Å². The van der Waals surface area contributed by atoms with Crippen LogP contribution in [0.2, 0.25) is 0 Å². The van der Waals surface area contributed by atoms with Gasteiger partial charge in [-0.1, -0.05) is 5.21 Å². The molecular formula is C22H30N4O5. The molecule has 2 aromatic heterocycles. The molecule has 31 heavy (non-hydrogen) atoms. The third kappa shape index (κ3) is 5.22. The quantitative estimate of drug-likeness (QED) is 0.713. The molecule has 4 rings (SSSR count). The second-order valence-corrected chi connectivity index (χ2v) is 8.34. The molecule has 1 saturated heterocycles. The molecule has 168 valence electrons. The Bertz CT molecular complexity index is 909. The van der Waals surface area contributed by atoms with Crippen LogP contribution in [-0.2, 0) is 27.9 Å². The first-order chi connectivity index (χ1) is 15.0. The monoisotopic (exact) mass is 430 g/mol. The molecule has 0 amide bonds. The Labute approximate surface area is 181 Å². The summed E-state index contributed by atoms with van der Waals surface area (Å²) in [7, 11) is 1.84. The molecule has 3 heterocycles. The number of carboxylic acids is 1. The van der Waals surface area contributed by atoms with E-state index in [1.165, 1.54) is 0 Å². The summed E-state index contributed by atoms with van der Waals surface area (Å²) in [5.74, 6) is -0.395. The Hall–Kier alpha value is -2.52. The molecule has 2 aromatic rings. The van der Waals surface area contributed by atoms with E-state index in [9.17, 15) is 9.90 Å². The van der Waals surface area contributed by atoms with Crippen molar-refractivity contribution in [3.05, 3.63) is 23.5 Å². The lowest BCUT2D eigenvalue weighted by Gasteiger charge is -2.27. The van der Waals surface area contributed by atoms with Gasteiger partial charge in [0.15, 0.2) is 6.29 Å². The normalized spacial score (nSPS) is 24.1. The second-order valence-electron chi connectivity index (χ2n) is 8.34. The van der Waals surface area contributed by atoms with Gasteiger partial charge >= 0.3 is 5.97 Å². The third-order valence-electron chi connectivity index (χ3n) is 6.04. The fourth-order valence-electron chi connectivity index (χ4n) is 4.21. The molecule has 0 bridgehead atoms. The van der Waals surface area contributed by atoms with Crippen LogP contribution in [0.1, 0.15) is 56.3 Å². The molecule has 1 saturated carbocycles. The SMILES string of the molecule is Cc1nc(-c2nnn(C)c2COC2CCCCO2)ccc1O[C@H]1CCC[C@H](C(=O)O)C1. The fraction of sp³-hybridized carbons (Fsp3) is 0.636. The number of aliphatic carboxylic acids is 1. The van der Waals surface area contributed by atoms with Crippen LogP contribution in [0.15, 0.2) is 12.1 Å². The number of hydrogen-bond acceptors (Lipinski definition) is 7. The molecule has 1 aliphatic heterocycles. The summed E-state index contributed by atoms with van der Waals surface area (Å²) in [5, 5.41) is 17.7. The maximum absolute atomic E-state index is 11.3. The molecule has 0 radical (unpaired) electrons. The number of aryl methyl sites for hydroxylation is 2. The van der Waals surface area contributed by atoms with Crippen molar-refractivity contribution in [2.75, 3.05) is 6.61 Å². The first kappa shape index (κ1) is 21.7. The lowest BCUT2D eigenvalue weighted by Crippen LogP contribution is -2.29. The van der Waals surface area contributed by atoms with Crippen molar-refractivity contribution >= 4 is 5.97 Å². The zero-order chi connectivity index (χ0) is 21.8. The van der Waals surface area contributed by atoms with E-state index >= 15 is 0 Å². The summed E-state index contributed by atoms with van der Waals surface area (Å²) in [6.45, 7) is 2.97. The molecular weight excluding hydrogens is 400 g/mol. The Morgan fingerprint density at radius 1 is 1.26 bits per heavy atom. The van der Waals surface area contributed by atoms with Gasteiger partial charge in [0.1, 0.15) is 11.4 Å². The average molecular weight is 431 g/mol. The van der Waals surface area contributed by atoms with E-state index in [0.717, 1.165) is 56.5 Å². The standard InChI is InChI=1S/C22H30N4O5/c1-14-19(31-16-7-5-6-15(12-16)22(27)28)10-9-17(23-14)21-18(26(2)25-24-21)13-30-20-8-3-4-11-29-20/h9-10,15-16,20H,3-8,11-13H2,1-2H3,(H,27,28)/t15-,16-,20?/m0/s1. The van der Waals surface area contributed by atoms with Crippen LogP contribution in [0, 0.1) is 12.8 Å². The predicted molar refractivity (Wildman–Crippen MR) is 111 cm³/mol. The van der Waals surface area contributed by atoms with E-state index in [0.29, 0.717) is 30.2 Å². The molecule has 9 nitrogen and oxygen atoms in total. The van der Waals surface area contributed by atoms with Crippen molar-refractivity contribution in [1.82, 2.24) is 20.0 Å². The average Bonchev–Trinajstić information content (AvgIpc) is 3.15. The molecule has 1 N–H and O–H groups in total. The van der Waals surface area contributed by atoms with Gasteiger partial charge in [-0.3, -0.25) is 4.79 Å². The van der Waals surface area contributed by atoms with Crippen molar-refractivity contribution in [3.8, 4) is 17.1 Å². The minimum atomic E-state index is -0.741. The Morgan fingerprint density at radius 3 is 2.87 bits per heavy atom. The molecule has 0 aromatic carbocycles. The van der Waals surface area contributed by atoms with Gasteiger partial charge in [-0.05, 0) is 64.0 Å². The van der Waals surface area contributed by atoms with Gasteiger partial charge in [0, 0.05) is 13.7 Å². The number of nitrogens with zero attached hydrogens (tertiary/aromatic N) is 4. The molecule has 2 aliphatic rings. The number of rotatable bonds is 7. The van der Waals surface area contributed by atoms with Gasteiger partial charge < -0.3 is 19.3 Å². The van der Waals surface area contributed by atoms with Crippen molar-refractivity contribution in [2.45, 2.75) is 70.9 Å². The third-order valence-corrected chi connectivity index (χ3v) is 6.04. The number of hydrogen-bond donors (Lipinski definition) is 1. The summed E-state index contributed by atoms with van der Waals surface area (Å²) in [5.41, 5.74) is 2.96. The molecule has 1 unspecified atom stereocenters. The summed E-state index contributed by atoms with van der Waals surface area (Å²) in [6, 6.07) is 3.75. The highest BCUT2D eigenvalue weighted by atomic mass is 16.7. The van der Waals surface area contributed by atoms with Crippen LogP contribution >= 0.6 is 0 Å². The van der Waals surface area contributed by atoms with Crippen molar-refractivity contribution in [1.29, 1.82) is 0 Å². The van der Waals surface area contributed by atoms with Gasteiger partial charge in [0.25, 0.3) is 0 Å². The number of pyridine rings is 1. The van der Waals surface area contributed by atoms with E-state index in [4.69, 9.17) is 14.2 Å². The Morgan fingerprint density at radius 2 is 2.13 bits per heavy atom. The van der Waals surface area contributed by atoms with E-state index in [1.807, 2.05) is 26.1 Å². The molecule has 9 heteroatoms. The minimum Gasteiger partial charge on any atom is -0.489 e. The van der Waals surface area contributed by atoms with E-state index in [2.05, 4.69) is 15.3 Å². The maximum Gasteiger partial charge on any atom is 0.306 e. The fourth-order valence-corrected chi connectivity index (χ4v) is 4.21. The van der Waals surface area contributed by atoms with Crippen LogP contribution in [0.4, 0.5) is 0 Å². The highest BCUT2D eigenvalue weighted by Gasteiger charge is 2.28. The Balaban J connectivity index is 1.45. The van der Waals surface area contributed by atoms with Crippen LogP contribution in [0.3, 0.4) is 0 Å². The topological polar surface area (TPSA) is 109 Å². The first-order valence-corrected chi connectivity index (χ1v) is 11.0. The molecule has 2 fully saturated rings. The van der Waals surface area contributed by atoms with Gasteiger partial charge in [0.2, 0.25) is 0 Å². The van der Waals surface area contributed by atoms with Crippen molar-refractivity contribution < 1.29 is 24.1 Å². The first-order valence-electron chi connectivity index (χ1n) is 11.0. The summed E-state index contributed by atoms with van der Waals surface area (Å²) in [6.07, 6.45) is 5.77. The zero-order valence-electron chi connectivity index (χ0n) is 18.1. The Kier molecular flexibility index (Phi) is 6.82. The molecule has 3 atom stereocenters. The molecule has 1 aliphatic carbocycles. The van der Waals surface area contributed by atoms with Crippen molar-refractivity contribution in [3.63, 3.8) is 0 Å². The smallest absolute Gasteiger partial charge is 0.306 e.